The van der Waals surface area contributed by atoms with E-state index in [9.17, 15) is 0 Å². The van der Waals surface area contributed by atoms with Crippen molar-refractivity contribution in [3.63, 3.8) is 0 Å². The van der Waals surface area contributed by atoms with E-state index in [-0.39, 0.29) is 0 Å². The second kappa shape index (κ2) is 7.34. The van der Waals surface area contributed by atoms with Crippen molar-refractivity contribution in [1.29, 1.82) is 0 Å². The lowest BCUT2D eigenvalue weighted by Gasteiger charge is -2.08. The molecule has 0 atom stereocenters. The van der Waals surface area contributed by atoms with Crippen molar-refractivity contribution >= 4 is 29.4 Å². The maximum Gasteiger partial charge on any atom is 0.119 e. The zero-order valence-corrected chi connectivity index (χ0v) is 13.4. The predicted molar refractivity (Wildman–Crippen MR) is 88.5 cm³/mol. The summed E-state index contributed by atoms with van der Waals surface area (Å²) in [5, 5.41) is 7.15. The van der Waals surface area contributed by atoms with Crippen molar-refractivity contribution in [3.05, 3.63) is 63.6 Å². The summed E-state index contributed by atoms with van der Waals surface area (Å²) < 4.78 is 5.71. The molecule has 0 saturated carbocycles. The number of nitrogens with zero attached hydrogens (tertiary/aromatic N) is 2. The number of hydrogen-bond acceptors (Lipinski definition) is 3. The van der Waals surface area contributed by atoms with Gasteiger partial charge in [-0.1, -0.05) is 29.3 Å². The Kier molecular flexibility index (Phi) is 5.48. The molecule has 3 nitrogen and oxygen atoms in total. The first-order valence-electron chi connectivity index (χ1n) is 6.43. The SMILES string of the molecule is CN(C)/N=C/c1ccc(OCc2ccc(Cl)cc2Cl)cc1. The van der Waals surface area contributed by atoms with Crippen LogP contribution in [0.25, 0.3) is 0 Å². The predicted octanol–water partition coefficient (Wildman–Crippen LogP) is 4.47. The van der Waals surface area contributed by atoms with E-state index in [1.165, 1.54) is 0 Å². The molecule has 0 spiro atoms. The fraction of sp³-hybridized carbons (Fsp3) is 0.188. The maximum absolute atomic E-state index is 6.11. The average molecular weight is 323 g/mol. The van der Waals surface area contributed by atoms with Gasteiger partial charge in [0, 0.05) is 29.7 Å². The highest BCUT2D eigenvalue weighted by molar-refractivity contribution is 6.35. The molecule has 0 radical (unpaired) electrons. The van der Waals surface area contributed by atoms with Gasteiger partial charge in [-0.05, 0) is 42.0 Å². The molecule has 2 aromatic rings. The minimum atomic E-state index is 0.404. The molecule has 0 aromatic heterocycles. The van der Waals surface area contributed by atoms with Crippen LogP contribution >= 0.6 is 23.2 Å². The van der Waals surface area contributed by atoms with E-state index in [0.717, 1.165) is 16.9 Å². The van der Waals surface area contributed by atoms with Crippen molar-refractivity contribution in [2.45, 2.75) is 6.61 Å². The summed E-state index contributed by atoms with van der Waals surface area (Å²) in [7, 11) is 3.76. The normalized spacial score (nSPS) is 10.9. The van der Waals surface area contributed by atoms with Gasteiger partial charge in [0.2, 0.25) is 0 Å². The highest BCUT2D eigenvalue weighted by Crippen LogP contribution is 2.22. The van der Waals surface area contributed by atoms with E-state index in [1.807, 2.05) is 44.4 Å². The molecule has 0 aliphatic heterocycles. The Bertz CT molecular complexity index is 625. The Morgan fingerprint density at radius 1 is 1.10 bits per heavy atom. The van der Waals surface area contributed by atoms with Crippen molar-refractivity contribution in [3.8, 4) is 5.75 Å². The lowest BCUT2D eigenvalue weighted by Crippen LogP contribution is -2.01. The quantitative estimate of drug-likeness (QED) is 0.599. The molecule has 0 aliphatic carbocycles. The van der Waals surface area contributed by atoms with Gasteiger partial charge < -0.3 is 9.75 Å². The van der Waals surface area contributed by atoms with E-state index in [2.05, 4.69) is 5.10 Å². The van der Waals surface area contributed by atoms with Crippen LogP contribution in [0.4, 0.5) is 0 Å². The first-order chi connectivity index (χ1) is 10.0. The van der Waals surface area contributed by atoms with Crippen LogP contribution < -0.4 is 4.74 Å². The Morgan fingerprint density at radius 3 is 2.43 bits per heavy atom. The van der Waals surface area contributed by atoms with Gasteiger partial charge in [-0.3, -0.25) is 0 Å². The molecule has 0 aliphatic rings. The summed E-state index contributed by atoms with van der Waals surface area (Å²) in [6, 6.07) is 13.1. The average Bonchev–Trinajstić information content (AvgIpc) is 2.45. The maximum atomic E-state index is 6.11. The lowest BCUT2D eigenvalue weighted by molar-refractivity contribution is 0.306. The van der Waals surface area contributed by atoms with Crippen LogP contribution in [-0.2, 0) is 6.61 Å². The minimum Gasteiger partial charge on any atom is -0.489 e. The molecule has 110 valence electrons. The second-order valence-corrected chi connectivity index (χ2v) is 5.53. The highest BCUT2D eigenvalue weighted by Gasteiger charge is 2.02. The van der Waals surface area contributed by atoms with E-state index < -0.39 is 0 Å². The summed E-state index contributed by atoms with van der Waals surface area (Å²) in [5.74, 6) is 0.781. The first-order valence-corrected chi connectivity index (χ1v) is 7.18. The Morgan fingerprint density at radius 2 is 1.81 bits per heavy atom. The molecule has 0 saturated heterocycles. The fourth-order valence-electron chi connectivity index (χ4n) is 1.63. The van der Waals surface area contributed by atoms with E-state index in [4.69, 9.17) is 27.9 Å². The summed E-state index contributed by atoms with van der Waals surface area (Å²) in [5.41, 5.74) is 1.92. The number of hydrazone groups is 1. The summed E-state index contributed by atoms with van der Waals surface area (Å²) >= 11 is 12.0. The van der Waals surface area contributed by atoms with Crippen molar-refractivity contribution in [2.24, 2.45) is 5.10 Å². The van der Waals surface area contributed by atoms with Gasteiger partial charge in [-0.25, -0.2) is 0 Å². The van der Waals surface area contributed by atoms with Gasteiger partial charge in [0.15, 0.2) is 0 Å². The minimum absolute atomic E-state index is 0.404. The molecule has 2 rings (SSSR count). The Labute approximate surface area is 134 Å². The topological polar surface area (TPSA) is 24.8 Å². The van der Waals surface area contributed by atoms with Crippen LogP contribution in [0.1, 0.15) is 11.1 Å². The van der Waals surface area contributed by atoms with Crippen LogP contribution in [0, 0.1) is 0 Å². The third kappa shape index (κ3) is 4.96. The van der Waals surface area contributed by atoms with Gasteiger partial charge >= 0.3 is 0 Å². The molecule has 0 unspecified atom stereocenters. The van der Waals surface area contributed by atoms with Gasteiger partial charge in [-0.15, -0.1) is 0 Å². The molecule has 2 aromatic carbocycles. The summed E-state index contributed by atoms with van der Waals surface area (Å²) in [6.45, 7) is 0.404. The van der Waals surface area contributed by atoms with Crippen LogP contribution in [-0.4, -0.2) is 25.3 Å². The molecule has 0 amide bonds. The molecule has 0 bridgehead atoms. The van der Waals surface area contributed by atoms with E-state index >= 15 is 0 Å². The van der Waals surface area contributed by atoms with Crippen LogP contribution in [0.3, 0.4) is 0 Å². The molecule has 21 heavy (non-hydrogen) atoms. The van der Waals surface area contributed by atoms with Crippen LogP contribution in [0.15, 0.2) is 47.6 Å². The van der Waals surface area contributed by atoms with Gasteiger partial charge in [0.05, 0.1) is 6.21 Å². The standard InChI is InChI=1S/C16H16Cl2N2O/c1-20(2)19-10-12-3-7-15(8-4-12)21-11-13-5-6-14(17)9-16(13)18/h3-10H,11H2,1-2H3/b19-10+. The van der Waals surface area contributed by atoms with Crippen LogP contribution in [0.2, 0.25) is 10.0 Å². The van der Waals surface area contributed by atoms with Crippen molar-refractivity contribution < 1.29 is 4.74 Å². The third-order valence-electron chi connectivity index (χ3n) is 2.73. The zero-order valence-electron chi connectivity index (χ0n) is 11.9. The molecule has 0 N–H and O–H groups in total. The number of ether oxygens (including phenoxy) is 1. The molecule has 0 fully saturated rings. The number of halogens is 2. The Hall–Kier alpha value is -1.71. The largest absolute Gasteiger partial charge is 0.489 e. The molecular weight excluding hydrogens is 307 g/mol. The fourth-order valence-corrected chi connectivity index (χ4v) is 2.10. The number of benzene rings is 2. The second-order valence-electron chi connectivity index (χ2n) is 4.69. The van der Waals surface area contributed by atoms with E-state index in [1.54, 1.807) is 23.4 Å². The monoisotopic (exact) mass is 322 g/mol. The number of rotatable bonds is 5. The summed E-state index contributed by atoms with van der Waals surface area (Å²) in [4.78, 5) is 0. The van der Waals surface area contributed by atoms with Crippen LogP contribution in [0.5, 0.6) is 5.75 Å². The first kappa shape index (κ1) is 15.7. The van der Waals surface area contributed by atoms with Crippen molar-refractivity contribution in [2.75, 3.05) is 14.1 Å². The molecule has 5 heteroatoms. The van der Waals surface area contributed by atoms with Gasteiger partial charge in [0.1, 0.15) is 12.4 Å². The van der Waals surface area contributed by atoms with Gasteiger partial charge in [0.25, 0.3) is 0 Å². The molecule has 0 heterocycles. The van der Waals surface area contributed by atoms with E-state index in [0.29, 0.717) is 16.7 Å². The highest BCUT2D eigenvalue weighted by atomic mass is 35.5. The molecular formula is C16H16Cl2N2O. The third-order valence-corrected chi connectivity index (χ3v) is 3.31. The van der Waals surface area contributed by atoms with Gasteiger partial charge in [-0.2, -0.15) is 5.10 Å². The zero-order chi connectivity index (χ0) is 15.2. The number of hydrogen-bond donors (Lipinski definition) is 0. The summed E-state index contributed by atoms with van der Waals surface area (Å²) in [6.07, 6.45) is 1.79. The smallest absolute Gasteiger partial charge is 0.119 e. The lowest BCUT2D eigenvalue weighted by atomic mass is 10.2. The Balaban J connectivity index is 1.97. The van der Waals surface area contributed by atoms with Crippen molar-refractivity contribution in [1.82, 2.24) is 5.01 Å².